The Morgan fingerprint density at radius 3 is 2.38 bits per heavy atom. The molecule has 4 atom stereocenters. The van der Waals surface area contributed by atoms with Crippen molar-refractivity contribution in [2.45, 2.75) is 30.3 Å². The average molecular weight is 510 g/mol. The third-order valence-electron chi connectivity index (χ3n) is 8.76. The molecule has 0 bridgehead atoms. The number of fused-ring (bicyclic) bond motifs is 3. The number of rotatable bonds is 4. The van der Waals surface area contributed by atoms with Gasteiger partial charge in [0.15, 0.2) is 17.3 Å². The molecule has 0 aromatic heterocycles. The first-order valence-corrected chi connectivity index (χ1v) is 13.0. The lowest BCUT2D eigenvalue weighted by molar-refractivity contribution is -0.119. The van der Waals surface area contributed by atoms with E-state index >= 15 is 0 Å². The molecule has 2 heterocycles. The van der Waals surface area contributed by atoms with E-state index in [2.05, 4.69) is 4.90 Å². The molecule has 3 aromatic rings. The number of allylic oxidation sites excluding steroid dienone is 1. The second-order valence-corrected chi connectivity index (χ2v) is 10.7. The smallest absolute Gasteiger partial charge is 0.197 e. The summed E-state index contributed by atoms with van der Waals surface area (Å²) in [6, 6.07) is 21.9. The van der Waals surface area contributed by atoms with E-state index in [-0.39, 0.29) is 34.9 Å². The summed E-state index contributed by atoms with van der Waals surface area (Å²) in [7, 11) is 1.57. The van der Waals surface area contributed by atoms with E-state index in [4.69, 9.17) is 16.3 Å². The van der Waals surface area contributed by atoms with Gasteiger partial charge in [0.1, 0.15) is 11.3 Å². The molecule has 0 N–H and O–H groups in total. The van der Waals surface area contributed by atoms with Crippen LogP contribution in [0.5, 0.6) is 5.75 Å². The minimum Gasteiger partial charge on any atom is -0.497 e. The van der Waals surface area contributed by atoms with Crippen LogP contribution in [0.1, 0.15) is 50.6 Å². The fraction of sp³-hybridized carbons (Fsp3) is 0.258. The summed E-state index contributed by atoms with van der Waals surface area (Å²) in [6.45, 7) is 0.714. The van der Waals surface area contributed by atoms with Gasteiger partial charge in [-0.15, -0.1) is 0 Å². The Morgan fingerprint density at radius 2 is 1.68 bits per heavy atom. The maximum atomic E-state index is 14.5. The number of hydrogen-bond donors (Lipinski definition) is 0. The summed E-state index contributed by atoms with van der Waals surface area (Å²) >= 11 is 6.20. The number of halogens is 1. The first kappa shape index (κ1) is 22.6. The fourth-order valence-electron chi connectivity index (χ4n) is 7.43. The van der Waals surface area contributed by atoms with Crippen LogP contribution in [0, 0.1) is 5.92 Å². The van der Waals surface area contributed by atoms with Gasteiger partial charge in [-0.25, -0.2) is 0 Å². The number of Topliss-reactive ketones (excluding diaryl/α,β-unsaturated/α-hetero) is 3. The van der Waals surface area contributed by atoms with Crippen molar-refractivity contribution in [1.29, 1.82) is 0 Å². The number of ether oxygens (including phenoxy) is 1. The highest BCUT2D eigenvalue weighted by molar-refractivity contribution is 6.41. The number of carbonyl (C=O) groups is 3. The summed E-state index contributed by atoms with van der Waals surface area (Å²) < 4.78 is 5.25. The molecule has 3 aromatic carbocycles. The van der Waals surface area contributed by atoms with E-state index in [1.54, 1.807) is 31.4 Å². The molecule has 0 unspecified atom stereocenters. The van der Waals surface area contributed by atoms with E-state index in [9.17, 15) is 14.4 Å². The van der Waals surface area contributed by atoms with Crippen LogP contribution in [-0.2, 0) is 4.79 Å². The second-order valence-electron chi connectivity index (χ2n) is 10.3. The zero-order valence-electron chi connectivity index (χ0n) is 20.2. The van der Waals surface area contributed by atoms with Crippen LogP contribution in [0.2, 0.25) is 5.02 Å². The number of benzene rings is 3. The standard InChI is InChI=1S/C31H24ClNO4/c1-37-20-14-10-18(11-15-20)28(34)25-26-21-5-2-3-6-22(21)30(36)31(26)27(29(25)35)24(23-7-4-16-33(23)31)17-8-12-19(32)13-9-17/h2-3,5-6,8-15,23-24,27H,4,7,16H2,1H3/t23-,24-,27-,31+/m0/s1. The average Bonchev–Trinajstić information content (AvgIpc) is 3.63. The monoisotopic (exact) mass is 509 g/mol. The van der Waals surface area contributed by atoms with E-state index in [0.29, 0.717) is 39.6 Å². The lowest BCUT2D eigenvalue weighted by atomic mass is 9.73. The van der Waals surface area contributed by atoms with Gasteiger partial charge >= 0.3 is 0 Å². The van der Waals surface area contributed by atoms with Crippen molar-refractivity contribution in [1.82, 2.24) is 4.90 Å². The maximum Gasteiger partial charge on any atom is 0.197 e. The lowest BCUT2D eigenvalue weighted by Gasteiger charge is -2.34. The molecule has 0 amide bonds. The van der Waals surface area contributed by atoms with Crippen LogP contribution in [-0.4, -0.2) is 47.5 Å². The van der Waals surface area contributed by atoms with Crippen molar-refractivity contribution < 1.29 is 19.1 Å². The van der Waals surface area contributed by atoms with Gasteiger partial charge in [-0.05, 0) is 66.9 Å². The van der Waals surface area contributed by atoms with Crippen molar-refractivity contribution in [3.8, 4) is 5.75 Å². The minimum absolute atomic E-state index is 0.0426. The second kappa shape index (κ2) is 7.98. The maximum absolute atomic E-state index is 14.5. The molecule has 2 aliphatic heterocycles. The summed E-state index contributed by atoms with van der Waals surface area (Å²) in [5.41, 5.74) is 2.30. The highest BCUT2D eigenvalue weighted by Crippen LogP contribution is 2.65. The Balaban J connectivity index is 1.48. The van der Waals surface area contributed by atoms with E-state index in [0.717, 1.165) is 18.4 Å². The predicted molar refractivity (Wildman–Crippen MR) is 140 cm³/mol. The van der Waals surface area contributed by atoms with Gasteiger partial charge in [-0.2, -0.15) is 0 Å². The van der Waals surface area contributed by atoms with Crippen molar-refractivity contribution >= 4 is 34.5 Å². The van der Waals surface area contributed by atoms with Crippen LogP contribution < -0.4 is 4.74 Å². The molecular formula is C31H24ClNO4. The minimum atomic E-state index is -1.15. The summed E-state index contributed by atoms with van der Waals surface area (Å²) in [6.07, 6.45) is 1.84. The van der Waals surface area contributed by atoms with Crippen molar-refractivity contribution in [2.75, 3.05) is 13.7 Å². The highest BCUT2D eigenvalue weighted by Gasteiger charge is 2.74. The van der Waals surface area contributed by atoms with Gasteiger partial charge in [-0.3, -0.25) is 19.3 Å². The molecule has 2 fully saturated rings. The van der Waals surface area contributed by atoms with E-state index in [1.807, 2.05) is 48.5 Å². The predicted octanol–water partition coefficient (Wildman–Crippen LogP) is 5.38. The Kier molecular flexibility index (Phi) is 4.88. The molecule has 1 spiro atoms. The first-order chi connectivity index (χ1) is 18.0. The summed E-state index contributed by atoms with van der Waals surface area (Å²) in [4.78, 5) is 45.2. The molecule has 2 aliphatic carbocycles. The molecule has 7 rings (SSSR count). The van der Waals surface area contributed by atoms with Crippen molar-refractivity contribution in [3.63, 3.8) is 0 Å². The number of nitrogens with zero attached hydrogens (tertiary/aromatic N) is 1. The molecule has 4 aliphatic rings. The fourth-order valence-corrected chi connectivity index (χ4v) is 7.55. The van der Waals surface area contributed by atoms with Crippen LogP contribution in [0.15, 0.2) is 78.4 Å². The summed E-state index contributed by atoms with van der Waals surface area (Å²) in [5.74, 6) is -0.867. The topological polar surface area (TPSA) is 63.7 Å². The van der Waals surface area contributed by atoms with E-state index in [1.165, 1.54) is 0 Å². The van der Waals surface area contributed by atoms with Gasteiger partial charge in [0, 0.05) is 33.7 Å². The number of carbonyl (C=O) groups excluding carboxylic acids is 3. The molecule has 37 heavy (non-hydrogen) atoms. The molecule has 6 heteroatoms. The largest absolute Gasteiger partial charge is 0.497 e. The number of methoxy groups -OCH3 is 1. The van der Waals surface area contributed by atoms with Crippen molar-refractivity contribution in [3.05, 3.63) is 106 Å². The Morgan fingerprint density at radius 1 is 0.973 bits per heavy atom. The van der Waals surface area contributed by atoms with Crippen LogP contribution in [0.25, 0.3) is 5.57 Å². The molecule has 0 radical (unpaired) electrons. The van der Waals surface area contributed by atoms with Gasteiger partial charge in [-0.1, -0.05) is 48.0 Å². The molecule has 2 saturated heterocycles. The third-order valence-corrected chi connectivity index (χ3v) is 9.01. The molecule has 5 nitrogen and oxygen atoms in total. The molecule has 184 valence electrons. The zero-order valence-corrected chi connectivity index (χ0v) is 21.0. The lowest BCUT2D eigenvalue weighted by Crippen LogP contribution is -2.52. The normalized spacial score (nSPS) is 27.8. The van der Waals surface area contributed by atoms with Crippen LogP contribution in [0.3, 0.4) is 0 Å². The Hall–Kier alpha value is -3.54. The Bertz CT molecular complexity index is 1520. The van der Waals surface area contributed by atoms with Crippen molar-refractivity contribution in [2.24, 2.45) is 5.92 Å². The van der Waals surface area contributed by atoms with E-state index < -0.39 is 11.5 Å². The SMILES string of the molecule is COc1ccc(C(=O)C2=C3c4ccccc4C(=O)[C@]34[C@H](C2=O)[C@@H](c2ccc(Cl)cc2)[C@@H]2CCCN24)cc1. The van der Waals surface area contributed by atoms with Gasteiger partial charge < -0.3 is 4.74 Å². The first-order valence-electron chi connectivity index (χ1n) is 12.6. The number of hydrogen-bond acceptors (Lipinski definition) is 5. The van der Waals surface area contributed by atoms with Crippen LogP contribution in [0.4, 0.5) is 0 Å². The Labute approximate surface area is 219 Å². The van der Waals surface area contributed by atoms with Gasteiger partial charge in [0.05, 0.1) is 18.6 Å². The third kappa shape index (κ3) is 2.81. The highest BCUT2D eigenvalue weighted by atomic mass is 35.5. The number of ketones is 3. The molecular weight excluding hydrogens is 486 g/mol. The van der Waals surface area contributed by atoms with Gasteiger partial charge in [0.25, 0.3) is 0 Å². The van der Waals surface area contributed by atoms with Crippen LogP contribution >= 0.6 is 11.6 Å². The molecule has 0 saturated carbocycles. The zero-order chi connectivity index (χ0) is 25.5. The quantitative estimate of drug-likeness (QED) is 0.349. The summed E-state index contributed by atoms with van der Waals surface area (Å²) in [5, 5.41) is 0.621. The van der Waals surface area contributed by atoms with Gasteiger partial charge in [0.2, 0.25) is 0 Å².